The van der Waals surface area contributed by atoms with Crippen LogP contribution >= 0.6 is 11.6 Å². The number of carboxylic acids is 1. The van der Waals surface area contributed by atoms with Crippen LogP contribution in [-0.4, -0.2) is 17.6 Å². The molecule has 2 aliphatic heterocycles. The number of hydrogen-bond donors (Lipinski definition) is 1. The quantitative estimate of drug-likeness (QED) is 0.454. The third-order valence-electron chi connectivity index (χ3n) is 7.46. The summed E-state index contributed by atoms with van der Waals surface area (Å²) in [6.07, 6.45) is 6.53. The zero-order valence-electron chi connectivity index (χ0n) is 17.6. The van der Waals surface area contributed by atoms with Crippen LogP contribution in [-0.2, 0) is 0 Å². The Morgan fingerprint density at radius 3 is 2.47 bits per heavy atom. The van der Waals surface area contributed by atoms with Gasteiger partial charge in [-0.2, -0.15) is 0 Å². The van der Waals surface area contributed by atoms with E-state index >= 15 is 0 Å². The van der Waals surface area contributed by atoms with E-state index in [0.29, 0.717) is 11.5 Å². The molecule has 32 heavy (non-hydrogen) atoms. The number of carboxylic acid groups (broad SMARTS) is 1. The molecule has 6 rings (SSSR count). The molecule has 0 radical (unpaired) electrons. The van der Waals surface area contributed by atoms with Crippen molar-refractivity contribution in [2.24, 2.45) is 5.92 Å². The molecule has 160 valence electrons. The van der Waals surface area contributed by atoms with Crippen LogP contribution in [0, 0.1) is 5.92 Å². The lowest BCUT2D eigenvalue weighted by Gasteiger charge is -2.50. The number of anilines is 1. The summed E-state index contributed by atoms with van der Waals surface area (Å²) >= 11 is 6.20. The van der Waals surface area contributed by atoms with Gasteiger partial charge in [-0.25, -0.2) is 4.79 Å². The number of nitrogens with zero attached hydrogens (tertiary/aromatic N) is 1. The fraction of sp³-hybridized carbons (Fsp3) is 0.250. The monoisotopic (exact) mass is 441 g/mol. The molecule has 0 spiro atoms. The first-order valence-electron chi connectivity index (χ1n) is 11.3. The van der Waals surface area contributed by atoms with Crippen LogP contribution in [0.3, 0.4) is 0 Å². The first kappa shape index (κ1) is 19.6. The Hall–Kier alpha value is -3.04. The molecule has 0 amide bonds. The van der Waals surface area contributed by atoms with E-state index in [2.05, 4.69) is 53.5 Å². The minimum Gasteiger partial charge on any atom is -0.478 e. The number of halogens is 1. The molecular weight excluding hydrogens is 418 g/mol. The maximum absolute atomic E-state index is 12.1. The number of rotatable bonds is 3. The average molecular weight is 442 g/mol. The molecule has 3 aromatic rings. The minimum atomic E-state index is -0.855. The van der Waals surface area contributed by atoms with Crippen LogP contribution in [0.5, 0.6) is 0 Å². The summed E-state index contributed by atoms with van der Waals surface area (Å²) in [7, 11) is 0. The zero-order chi connectivity index (χ0) is 21.8. The first-order chi connectivity index (χ1) is 15.6. The van der Waals surface area contributed by atoms with Gasteiger partial charge in [0.2, 0.25) is 0 Å². The Labute approximate surface area is 193 Å². The lowest BCUT2D eigenvalue weighted by atomic mass is 9.71. The van der Waals surface area contributed by atoms with E-state index in [0.717, 1.165) is 30.0 Å². The van der Waals surface area contributed by atoms with Crippen molar-refractivity contribution in [2.45, 2.75) is 30.7 Å². The maximum atomic E-state index is 12.1. The van der Waals surface area contributed by atoms with Crippen LogP contribution in [0.25, 0.3) is 0 Å². The molecule has 4 atom stereocenters. The minimum absolute atomic E-state index is 0.202. The second kappa shape index (κ2) is 7.53. The number of fused-ring (bicyclic) bond motifs is 2. The lowest BCUT2D eigenvalue weighted by molar-refractivity contribution is 0.0696. The summed E-state index contributed by atoms with van der Waals surface area (Å²) in [6, 6.07) is 22.9. The van der Waals surface area contributed by atoms with Crippen LogP contribution in [0.1, 0.15) is 63.3 Å². The molecule has 0 saturated heterocycles. The fourth-order valence-corrected chi connectivity index (χ4v) is 6.28. The molecule has 0 saturated carbocycles. The molecule has 1 N–H and O–H groups in total. The number of benzene rings is 3. The maximum Gasteiger partial charge on any atom is 0.335 e. The Morgan fingerprint density at radius 1 is 0.969 bits per heavy atom. The molecular formula is C28H24ClNO2. The van der Waals surface area contributed by atoms with Crippen LogP contribution in [0.15, 0.2) is 78.9 Å². The van der Waals surface area contributed by atoms with Gasteiger partial charge in [0.25, 0.3) is 0 Å². The highest BCUT2D eigenvalue weighted by molar-refractivity contribution is 6.30. The van der Waals surface area contributed by atoms with E-state index in [4.69, 9.17) is 11.6 Å². The summed E-state index contributed by atoms with van der Waals surface area (Å²) in [5, 5.41) is 10.7. The third-order valence-corrected chi connectivity index (χ3v) is 7.72. The predicted octanol–water partition coefficient (Wildman–Crippen LogP) is 6.79. The molecule has 2 heterocycles. The second-order valence-electron chi connectivity index (χ2n) is 9.10. The van der Waals surface area contributed by atoms with Crippen molar-refractivity contribution in [3.8, 4) is 0 Å². The van der Waals surface area contributed by atoms with E-state index < -0.39 is 5.97 Å². The molecule has 0 fully saturated rings. The fourth-order valence-electron chi connectivity index (χ4n) is 6.15. The molecule has 3 aromatic carbocycles. The SMILES string of the molecule is O=C(O)c1cc2c3c(c1)[C@@H]1C=CC[C@@H]1[C@@H](c1ccc(Cl)cc1)N3CC[C@@H]2c1ccccc1. The van der Waals surface area contributed by atoms with Crippen molar-refractivity contribution in [3.05, 3.63) is 112 Å². The van der Waals surface area contributed by atoms with Crippen molar-refractivity contribution in [2.75, 3.05) is 11.4 Å². The Bertz CT molecular complexity index is 1220. The second-order valence-corrected chi connectivity index (χ2v) is 9.54. The van der Waals surface area contributed by atoms with Crippen LogP contribution < -0.4 is 4.90 Å². The number of allylic oxidation sites excluding steroid dienone is 2. The zero-order valence-corrected chi connectivity index (χ0v) is 18.4. The highest BCUT2D eigenvalue weighted by atomic mass is 35.5. The highest BCUT2D eigenvalue weighted by Gasteiger charge is 2.45. The van der Waals surface area contributed by atoms with E-state index in [1.54, 1.807) is 0 Å². The molecule has 1 aliphatic carbocycles. The van der Waals surface area contributed by atoms with Gasteiger partial charge in [-0.05, 0) is 65.3 Å². The summed E-state index contributed by atoms with van der Waals surface area (Å²) in [5.41, 5.74) is 6.49. The molecule has 3 aliphatic rings. The van der Waals surface area contributed by atoms with E-state index in [1.165, 1.54) is 22.4 Å². The predicted molar refractivity (Wildman–Crippen MR) is 128 cm³/mol. The summed E-state index contributed by atoms with van der Waals surface area (Å²) in [5.74, 6) is -0.0250. The summed E-state index contributed by atoms with van der Waals surface area (Å²) < 4.78 is 0. The molecule has 3 nitrogen and oxygen atoms in total. The molecule has 0 bridgehead atoms. The van der Waals surface area contributed by atoms with Gasteiger partial charge in [0, 0.05) is 29.1 Å². The highest BCUT2D eigenvalue weighted by Crippen LogP contribution is 2.57. The first-order valence-corrected chi connectivity index (χ1v) is 11.6. The van der Waals surface area contributed by atoms with Gasteiger partial charge in [-0.1, -0.05) is 66.2 Å². The standard InChI is InChI=1S/C28H24ClNO2/c29-20-11-9-18(10-12-20)26-23-8-4-7-22(23)25-16-19(28(31)32)15-24-21(13-14-30(26)27(24)25)17-5-2-1-3-6-17/h1-7,9-12,15-16,21-23,26H,8,13-14H2,(H,31,32)/t21-,22-,23+,26-/m1/s1. The van der Waals surface area contributed by atoms with Gasteiger partial charge < -0.3 is 10.0 Å². The number of aromatic carboxylic acids is 1. The van der Waals surface area contributed by atoms with E-state index in [9.17, 15) is 9.90 Å². The van der Waals surface area contributed by atoms with Crippen LogP contribution in [0.2, 0.25) is 5.02 Å². The van der Waals surface area contributed by atoms with E-state index in [1.807, 2.05) is 30.3 Å². The van der Waals surface area contributed by atoms with Gasteiger partial charge in [0.15, 0.2) is 0 Å². The molecule has 4 heteroatoms. The topological polar surface area (TPSA) is 40.5 Å². The number of hydrogen-bond acceptors (Lipinski definition) is 2. The Balaban J connectivity index is 1.58. The molecule has 0 aromatic heterocycles. The number of carbonyl (C=O) groups is 1. The smallest absolute Gasteiger partial charge is 0.335 e. The molecule has 0 unspecified atom stereocenters. The third kappa shape index (κ3) is 2.99. The van der Waals surface area contributed by atoms with Gasteiger partial charge in [-0.15, -0.1) is 0 Å². The van der Waals surface area contributed by atoms with Crippen molar-refractivity contribution in [3.63, 3.8) is 0 Å². The normalized spacial score (nSPS) is 25.3. The largest absolute Gasteiger partial charge is 0.478 e. The lowest BCUT2D eigenvalue weighted by Crippen LogP contribution is -2.43. The van der Waals surface area contributed by atoms with Crippen molar-refractivity contribution < 1.29 is 9.90 Å². The van der Waals surface area contributed by atoms with Crippen molar-refractivity contribution >= 4 is 23.3 Å². The van der Waals surface area contributed by atoms with Gasteiger partial charge >= 0.3 is 5.97 Å². The summed E-state index contributed by atoms with van der Waals surface area (Å²) in [6.45, 7) is 0.947. The Kier molecular flexibility index (Phi) is 4.62. The van der Waals surface area contributed by atoms with Gasteiger partial charge in [0.05, 0.1) is 11.6 Å². The van der Waals surface area contributed by atoms with Gasteiger partial charge in [0.1, 0.15) is 0 Å². The Morgan fingerprint density at radius 2 is 1.72 bits per heavy atom. The van der Waals surface area contributed by atoms with Crippen LogP contribution in [0.4, 0.5) is 5.69 Å². The van der Waals surface area contributed by atoms with Crippen molar-refractivity contribution in [1.82, 2.24) is 0 Å². The summed E-state index contributed by atoms with van der Waals surface area (Å²) in [4.78, 5) is 14.6. The average Bonchev–Trinajstić information content (AvgIpc) is 3.30. The van der Waals surface area contributed by atoms with E-state index in [-0.39, 0.29) is 17.9 Å². The van der Waals surface area contributed by atoms with Gasteiger partial charge in [-0.3, -0.25) is 0 Å². The van der Waals surface area contributed by atoms with Crippen molar-refractivity contribution in [1.29, 1.82) is 0 Å².